The molecule has 0 fully saturated rings. The molecule has 1 amide bonds. The van der Waals surface area contributed by atoms with E-state index >= 15 is 0 Å². The minimum Gasteiger partial charge on any atom is -0.491 e. The summed E-state index contributed by atoms with van der Waals surface area (Å²) in [5.74, 6) is 1.12. The van der Waals surface area contributed by atoms with E-state index in [9.17, 15) is 4.79 Å². The van der Waals surface area contributed by atoms with Crippen LogP contribution in [0.1, 0.15) is 21.5 Å². The van der Waals surface area contributed by atoms with E-state index < -0.39 is 0 Å². The number of anilines is 2. The Bertz CT molecular complexity index is 984. The Kier molecular flexibility index (Phi) is 4.01. The largest absolute Gasteiger partial charge is 0.491 e. The summed E-state index contributed by atoms with van der Waals surface area (Å²) in [5.41, 5.74) is 5.38. The third-order valence-corrected chi connectivity index (χ3v) is 4.38. The molecule has 6 nitrogen and oxygen atoms in total. The van der Waals surface area contributed by atoms with Gasteiger partial charge in [-0.1, -0.05) is 29.8 Å². The lowest BCUT2D eigenvalue weighted by atomic mass is 10.1. The normalized spacial score (nSPS) is 12.5. The number of amides is 1. The van der Waals surface area contributed by atoms with Gasteiger partial charge in [0, 0.05) is 23.4 Å². The van der Waals surface area contributed by atoms with Crippen molar-refractivity contribution in [1.82, 2.24) is 15.3 Å². The van der Waals surface area contributed by atoms with Crippen LogP contribution in [0, 0.1) is 6.92 Å². The van der Waals surface area contributed by atoms with Crippen LogP contribution in [0.2, 0.25) is 0 Å². The average molecular weight is 346 g/mol. The summed E-state index contributed by atoms with van der Waals surface area (Å²) in [6.45, 7) is 2.58. The van der Waals surface area contributed by atoms with Crippen molar-refractivity contribution in [2.45, 2.75) is 13.5 Å². The molecule has 0 radical (unpaired) electrons. The summed E-state index contributed by atoms with van der Waals surface area (Å²) < 4.78 is 5.59. The molecule has 2 aromatic carbocycles. The highest BCUT2D eigenvalue weighted by Crippen LogP contribution is 2.35. The fraction of sp³-hybridized carbons (Fsp3) is 0.150. The lowest BCUT2D eigenvalue weighted by Gasteiger charge is -2.14. The predicted molar refractivity (Wildman–Crippen MR) is 99.7 cm³/mol. The van der Waals surface area contributed by atoms with Crippen molar-refractivity contribution in [1.29, 1.82) is 0 Å². The number of benzene rings is 2. The third-order valence-electron chi connectivity index (χ3n) is 4.38. The molecule has 0 atom stereocenters. The van der Waals surface area contributed by atoms with Crippen LogP contribution in [0.15, 0.2) is 48.8 Å². The Morgan fingerprint density at radius 2 is 1.92 bits per heavy atom. The SMILES string of the molecule is COc1c(Nc2ccc3c(c2)CNC3=O)ncnc1-c1ccc(C)cc1. The van der Waals surface area contributed by atoms with Gasteiger partial charge < -0.3 is 15.4 Å². The van der Waals surface area contributed by atoms with Crippen molar-refractivity contribution in [3.05, 3.63) is 65.5 Å². The Morgan fingerprint density at radius 1 is 1.12 bits per heavy atom. The van der Waals surface area contributed by atoms with Crippen LogP contribution in [0.25, 0.3) is 11.3 Å². The number of nitrogens with one attached hydrogen (secondary N) is 2. The molecule has 2 N–H and O–H groups in total. The monoisotopic (exact) mass is 346 g/mol. The highest BCUT2D eigenvalue weighted by Gasteiger charge is 2.19. The Morgan fingerprint density at radius 3 is 2.69 bits per heavy atom. The number of aryl methyl sites for hydroxylation is 1. The summed E-state index contributed by atoms with van der Waals surface area (Å²) in [6.07, 6.45) is 1.51. The number of carbonyl (C=O) groups excluding carboxylic acids is 1. The van der Waals surface area contributed by atoms with Gasteiger partial charge in [0.2, 0.25) is 0 Å². The molecule has 1 aliphatic heterocycles. The summed E-state index contributed by atoms with van der Waals surface area (Å²) in [6, 6.07) is 13.7. The number of fused-ring (bicyclic) bond motifs is 1. The number of hydrogen-bond donors (Lipinski definition) is 2. The number of nitrogens with zero attached hydrogens (tertiary/aromatic N) is 2. The molecule has 0 saturated heterocycles. The average Bonchev–Trinajstić information content (AvgIpc) is 3.02. The second-order valence-corrected chi connectivity index (χ2v) is 6.15. The van der Waals surface area contributed by atoms with Crippen molar-refractivity contribution in [3.8, 4) is 17.0 Å². The number of methoxy groups -OCH3 is 1. The molecule has 0 spiro atoms. The van der Waals surface area contributed by atoms with E-state index in [1.54, 1.807) is 7.11 Å². The van der Waals surface area contributed by atoms with Crippen LogP contribution < -0.4 is 15.4 Å². The molecule has 26 heavy (non-hydrogen) atoms. The second-order valence-electron chi connectivity index (χ2n) is 6.15. The molecule has 3 aromatic rings. The molecule has 6 heteroatoms. The summed E-state index contributed by atoms with van der Waals surface area (Å²) in [5, 5.41) is 6.09. The zero-order chi connectivity index (χ0) is 18.1. The molecule has 1 aliphatic rings. The number of ether oxygens (including phenoxy) is 1. The zero-order valence-corrected chi connectivity index (χ0v) is 14.5. The van der Waals surface area contributed by atoms with Gasteiger partial charge in [0.25, 0.3) is 5.91 Å². The van der Waals surface area contributed by atoms with Crippen LogP contribution in [-0.4, -0.2) is 23.0 Å². The Labute approximate surface area is 151 Å². The van der Waals surface area contributed by atoms with Gasteiger partial charge in [-0.25, -0.2) is 9.97 Å². The molecule has 1 aromatic heterocycles. The van der Waals surface area contributed by atoms with Crippen LogP contribution >= 0.6 is 0 Å². The van der Waals surface area contributed by atoms with Gasteiger partial charge in [-0.05, 0) is 30.7 Å². The van der Waals surface area contributed by atoms with Gasteiger partial charge in [-0.15, -0.1) is 0 Å². The summed E-state index contributed by atoms with van der Waals surface area (Å²) >= 11 is 0. The molecular formula is C20H18N4O2. The first-order valence-electron chi connectivity index (χ1n) is 8.30. The maximum absolute atomic E-state index is 11.7. The van der Waals surface area contributed by atoms with Crippen molar-refractivity contribution < 1.29 is 9.53 Å². The molecule has 2 heterocycles. The Balaban J connectivity index is 1.70. The van der Waals surface area contributed by atoms with Crippen LogP contribution in [-0.2, 0) is 6.54 Å². The van der Waals surface area contributed by atoms with Crippen molar-refractivity contribution in [2.24, 2.45) is 0 Å². The molecule has 0 unspecified atom stereocenters. The molecular weight excluding hydrogens is 328 g/mol. The van der Waals surface area contributed by atoms with E-state index in [-0.39, 0.29) is 5.91 Å². The predicted octanol–water partition coefficient (Wildman–Crippen LogP) is 3.45. The molecule has 130 valence electrons. The number of rotatable bonds is 4. The number of aromatic nitrogens is 2. The third kappa shape index (κ3) is 2.86. The van der Waals surface area contributed by atoms with E-state index in [4.69, 9.17) is 4.74 Å². The fourth-order valence-corrected chi connectivity index (χ4v) is 3.02. The highest BCUT2D eigenvalue weighted by molar-refractivity contribution is 5.98. The molecule has 0 bridgehead atoms. The van der Waals surface area contributed by atoms with E-state index in [0.29, 0.717) is 23.7 Å². The van der Waals surface area contributed by atoms with Gasteiger partial charge in [0.15, 0.2) is 11.6 Å². The van der Waals surface area contributed by atoms with Gasteiger partial charge in [0.05, 0.1) is 7.11 Å². The maximum Gasteiger partial charge on any atom is 0.251 e. The maximum atomic E-state index is 11.7. The van der Waals surface area contributed by atoms with Gasteiger partial charge in [-0.3, -0.25) is 4.79 Å². The summed E-state index contributed by atoms with van der Waals surface area (Å²) in [4.78, 5) is 20.4. The zero-order valence-electron chi connectivity index (χ0n) is 14.5. The molecule has 4 rings (SSSR count). The minimum atomic E-state index is -0.0344. The van der Waals surface area contributed by atoms with Crippen LogP contribution in [0.4, 0.5) is 11.5 Å². The standard InChI is InChI=1S/C20H18N4O2/c1-12-3-5-13(6-4-12)17-18(26-2)19(23-11-22-17)24-15-7-8-16-14(9-15)10-21-20(16)25/h3-9,11H,10H2,1-2H3,(H,21,25)(H,22,23,24). The van der Waals surface area contributed by atoms with Crippen molar-refractivity contribution >= 4 is 17.4 Å². The van der Waals surface area contributed by atoms with Crippen LogP contribution in [0.5, 0.6) is 5.75 Å². The van der Waals surface area contributed by atoms with Crippen molar-refractivity contribution in [3.63, 3.8) is 0 Å². The topological polar surface area (TPSA) is 76.1 Å². The van der Waals surface area contributed by atoms with Gasteiger partial charge in [-0.2, -0.15) is 0 Å². The molecule has 0 saturated carbocycles. The first-order valence-corrected chi connectivity index (χ1v) is 8.30. The van der Waals surface area contributed by atoms with Gasteiger partial charge in [0.1, 0.15) is 12.0 Å². The van der Waals surface area contributed by atoms with Gasteiger partial charge >= 0.3 is 0 Å². The lowest BCUT2D eigenvalue weighted by molar-refractivity contribution is 0.0966. The smallest absolute Gasteiger partial charge is 0.251 e. The number of carbonyl (C=O) groups is 1. The lowest BCUT2D eigenvalue weighted by Crippen LogP contribution is -2.12. The first kappa shape index (κ1) is 16.1. The number of hydrogen-bond acceptors (Lipinski definition) is 5. The quantitative estimate of drug-likeness (QED) is 0.757. The Hall–Kier alpha value is -3.41. The van der Waals surface area contributed by atoms with E-state index in [2.05, 4.69) is 20.6 Å². The minimum absolute atomic E-state index is 0.0344. The van der Waals surface area contributed by atoms with E-state index in [1.807, 2.05) is 49.4 Å². The second kappa shape index (κ2) is 6.48. The van der Waals surface area contributed by atoms with E-state index in [1.165, 1.54) is 11.9 Å². The summed E-state index contributed by atoms with van der Waals surface area (Å²) in [7, 11) is 1.60. The van der Waals surface area contributed by atoms with Crippen LogP contribution in [0.3, 0.4) is 0 Å². The molecule has 0 aliphatic carbocycles. The highest BCUT2D eigenvalue weighted by atomic mass is 16.5. The van der Waals surface area contributed by atoms with Crippen molar-refractivity contribution in [2.75, 3.05) is 12.4 Å². The first-order chi connectivity index (χ1) is 12.7. The van der Waals surface area contributed by atoms with E-state index in [0.717, 1.165) is 22.5 Å². The fourth-order valence-electron chi connectivity index (χ4n) is 3.02.